The van der Waals surface area contributed by atoms with Crippen molar-refractivity contribution in [2.45, 2.75) is 57.7 Å². The van der Waals surface area contributed by atoms with Gasteiger partial charge < -0.3 is 9.05 Å². The van der Waals surface area contributed by atoms with Gasteiger partial charge in [-0.25, -0.2) is 0 Å². The van der Waals surface area contributed by atoms with Crippen LogP contribution in [-0.2, 0) is 13.1 Å². The van der Waals surface area contributed by atoms with Gasteiger partial charge >= 0.3 is 0 Å². The number of hydrogen-bond acceptors (Lipinski definition) is 7. The smallest absolute Gasteiger partial charge is 0.229 e. The molecular formula is C17H25N5O2. The van der Waals surface area contributed by atoms with Crippen LogP contribution < -0.4 is 0 Å². The Kier molecular flexibility index (Phi) is 4.37. The first-order valence-electron chi connectivity index (χ1n) is 8.84. The van der Waals surface area contributed by atoms with Crippen molar-refractivity contribution in [2.24, 2.45) is 0 Å². The Labute approximate surface area is 142 Å². The topological polar surface area (TPSA) is 71.4 Å². The summed E-state index contributed by atoms with van der Waals surface area (Å²) in [6, 6.07) is 2.52. The predicted octanol–water partition coefficient (Wildman–Crippen LogP) is 2.34. The van der Waals surface area contributed by atoms with Gasteiger partial charge in [0.25, 0.3) is 0 Å². The standard InChI is InChI=1S/C17H25N5O2/c1-12-8-15(23-19-12)10-21(2)14-4-3-7-22(9-14)11-16-18-17(24-20-16)13-5-6-13/h8,13-14H,3-7,9-11H2,1-2H3/t14-/m1/s1. The van der Waals surface area contributed by atoms with Crippen LogP contribution >= 0.6 is 0 Å². The molecule has 1 aliphatic heterocycles. The zero-order valence-corrected chi connectivity index (χ0v) is 14.4. The van der Waals surface area contributed by atoms with E-state index in [1.807, 2.05) is 13.0 Å². The predicted molar refractivity (Wildman–Crippen MR) is 87.3 cm³/mol. The number of likely N-dealkylation sites (tertiary alicyclic amines) is 1. The van der Waals surface area contributed by atoms with Crippen LogP contribution in [0.4, 0.5) is 0 Å². The van der Waals surface area contributed by atoms with E-state index in [1.54, 1.807) is 0 Å². The second-order valence-corrected chi connectivity index (χ2v) is 7.20. The highest BCUT2D eigenvalue weighted by Gasteiger charge is 2.30. The molecule has 7 nitrogen and oxygen atoms in total. The van der Waals surface area contributed by atoms with Crippen molar-refractivity contribution < 1.29 is 9.05 Å². The summed E-state index contributed by atoms with van der Waals surface area (Å²) in [5.74, 6) is 3.11. The van der Waals surface area contributed by atoms with E-state index in [-0.39, 0.29) is 0 Å². The minimum atomic E-state index is 0.513. The summed E-state index contributed by atoms with van der Waals surface area (Å²) < 4.78 is 10.7. The summed E-state index contributed by atoms with van der Waals surface area (Å²) in [7, 11) is 2.16. The van der Waals surface area contributed by atoms with Crippen molar-refractivity contribution in [3.63, 3.8) is 0 Å². The van der Waals surface area contributed by atoms with Gasteiger partial charge in [-0.15, -0.1) is 0 Å². The summed E-state index contributed by atoms with van der Waals surface area (Å²) in [6.07, 6.45) is 4.79. The minimum absolute atomic E-state index is 0.513. The fraction of sp³-hybridized carbons (Fsp3) is 0.706. The van der Waals surface area contributed by atoms with Gasteiger partial charge in [0, 0.05) is 24.6 Å². The summed E-state index contributed by atoms with van der Waals surface area (Å²) in [5.41, 5.74) is 0.937. The van der Waals surface area contributed by atoms with Gasteiger partial charge in [-0.3, -0.25) is 9.80 Å². The zero-order valence-electron chi connectivity index (χ0n) is 14.4. The monoisotopic (exact) mass is 331 g/mol. The largest absolute Gasteiger partial charge is 0.360 e. The second-order valence-electron chi connectivity index (χ2n) is 7.20. The molecule has 0 unspecified atom stereocenters. The number of aromatic nitrogens is 3. The minimum Gasteiger partial charge on any atom is -0.360 e. The number of piperidine rings is 1. The second kappa shape index (κ2) is 6.64. The quantitative estimate of drug-likeness (QED) is 0.804. The van der Waals surface area contributed by atoms with E-state index in [1.165, 1.54) is 25.7 Å². The molecule has 2 aromatic heterocycles. The zero-order chi connectivity index (χ0) is 16.5. The van der Waals surface area contributed by atoms with Gasteiger partial charge in [-0.05, 0) is 46.2 Å². The molecule has 0 bridgehead atoms. The van der Waals surface area contributed by atoms with Gasteiger partial charge in [0.2, 0.25) is 5.89 Å². The molecule has 4 rings (SSSR count). The first-order chi connectivity index (χ1) is 11.7. The Morgan fingerprint density at radius 1 is 1.25 bits per heavy atom. The van der Waals surface area contributed by atoms with E-state index in [4.69, 9.17) is 9.05 Å². The van der Waals surface area contributed by atoms with E-state index >= 15 is 0 Å². The number of nitrogens with zero attached hydrogens (tertiary/aromatic N) is 5. The van der Waals surface area contributed by atoms with Crippen LogP contribution in [0, 0.1) is 6.92 Å². The van der Waals surface area contributed by atoms with E-state index in [2.05, 4.69) is 32.1 Å². The van der Waals surface area contributed by atoms with Crippen LogP contribution in [-0.4, -0.2) is 51.3 Å². The third-order valence-corrected chi connectivity index (χ3v) is 4.96. The first kappa shape index (κ1) is 15.8. The van der Waals surface area contributed by atoms with Crippen LogP contribution in [0.25, 0.3) is 0 Å². The lowest BCUT2D eigenvalue weighted by molar-refractivity contribution is 0.0984. The van der Waals surface area contributed by atoms with E-state index < -0.39 is 0 Å². The molecule has 2 fully saturated rings. The Bertz CT molecular complexity index is 678. The molecule has 0 aromatic carbocycles. The molecule has 24 heavy (non-hydrogen) atoms. The summed E-state index contributed by atoms with van der Waals surface area (Å²) in [5, 5.41) is 8.12. The molecular weight excluding hydrogens is 306 g/mol. The van der Waals surface area contributed by atoms with Crippen LogP contribution in [0.5, 0.6) is 0 Å². The highest BCUT2D eigenvalue weighted by atomic mass is 16.5. The molecule has 3 heterocycles. The molecule has 0 radical (unpaired) electrons. The highest BCUT2D eigenvalue weighted by Crippen LogP contribution is 2.38. The number of hydrogen-bond donors (Lipinski definition) is 0. The van der Waals surface area contributed by atoms with Gasteiger partial charge in [0.15, 0.2) is 11.6 Å². The molecule has 2 aromatic rings. The molecule has 1 aliphatic carbocycles. The van der Waals surface area contributed by atoms with Crippen molar-refractivity contribution in [1.82, 2.24) is 25.1 Å². The Morgan fingerprint density at radius 3 is 2.88 bits per heavy atom. The lowest BCUT2D eigenvalue weighted by Gasteiger charge is -2.36. The Morgan fingerprint density at radius 2 is 2.12 bits per heavy atom. The maximum absolute atomic E-state index is 5.37. The van der Waals surface area contributed by atoms with Gasteiger partial charge in [0.05, 0.1) is 18.8 Å². The molecule has 2 aliphatic rings. The van der Waals surface area contributed by atoms with Crippen molar-refractivity contribution >= 4 is 0 Å². The fourth-order valence-electron chi connectivity index (χ4n) is 3.43. The molecule has 130 valence electrons. The highest BCUT2D eigenvalue weighted by molar-refractivity contribution is 5.03. The van der Waals surface area contributed by atoms with E-state index in [0.29, 0.717) is 12.0 Å². The Hall–Kier alpha value is -1.73. The molecule has 0 spiro atoms. The lowest BCUT2D eigenvalue weighted by Crippen LogP contribution is -2.45. The van der Waals surface area contributed by atoms with Gasteiger partial charge in [-0.1, -0.05) is 10.3 Å². The fourth-order valence-corrected chi connectivity index (χ4v) is 3.43. The van der Waals surface area contributed by atoms with Gasteiger partial charge in [-0.2, -0.15) is 4.98 Å². The van der Waals surface area contributed by atoms with Gasteiger partial charge in [0.1, 0.15) is 0 Å². The average molecular weight is 331 g/mol. The normalized spacial score (nSPS) is 22.4. The summed E-state index contributed by atoms with van der Waals surface area (Å²) in [6.45, 7) is 5.65. The molecule has 1 atom stereocenters. The van der Waals surface area contributed by atoms with Crippen LogP contribution in [0.15, 0.2) is 15.1 Å². The summed E-state index contributed by atoms with van der Waals surface area (Å²) in [4.78, 5) is 9.34. The lowest BCUT2D eigenvalue weighted by atomic mass is 10.0. The molecule has 7 heteroatoms. The third kappa shape index (κ3) is 3.67. The average Bonchev–Trinajstić information content (AvgIpc) is 3.19. The van der Waals surface area contributed by atoms with Crippen molar-refractivity contribution in [1.29, 1.82) is 0 Å². The molecule has 1 saturated heterocycles. The van der Waals surface area contributed by atoms with Crippen LogP contribution in [0.2, 0.25) is 0 Å². The van der Waals surface area contributed by atoms with Crippen LogP contribution in [0.1, 0.15) is 54.8 Å². The number of likely N-dealkylation sites (N-methyl/N-ethyl adjacent to an activating group) is 1. The third-order valence-electron chi connectivity index (χ3n) is 4.96. The first-order valence-corrected chi connectivity index (χ1v) is 8.84. The maximum Gasteiger partial charge on any atom is 0.229 e. The molecule has 0 amide bonds. The van der Waals surface area contributed by atoms with Crippen molar-refractivity contribution in [2.75, 3.05) is 20.1 Å². The SMILES string of the molecule is Cc1cc(CN(C)[C@@H]2CCCN(Cc3noc(C4CC4)n3)C2)on1. The van der Waals surface area contributed by atoms with E-state index in [0.717, 1.165) is 49.3 Å². The van der Waals surface area contributed by atoms with E-state index in [9.17, 15) is 0 Å². The van der Waals surface area contributed by atoms with Crippen LogP contribution in [0.3, 0.4) is 0 Å². The Balaban J connectivity index is 1.32. The number of aryl methyl sites for hydroxylation is 1. The number of rotatable bonds is 6. The van der Waals surface area contributed by atoms with Crippen molar-refractivity contribution in [3.05, 3.63) is 29.2 Å². The summed E-state index contributed by atoms with van der Waals surface area (Å²) >= 11 is 0. The molecule has 0 N–H and O–H groups in total. The van der Waals surface area contributed by atoms with Crippen molar-refractivity contribution in [3.8, 4) is 0 Å². The maximum atomic E-state index is 5.37. The molecule has 1 saturated carbocycles.